The number of ether oxygens (including phenoxy) is 1. The molecule has 4 rings (SSSR count). The van der Waals surface area contributed by atoms with Gasteiger partial charge < -0.3 is 14.2 Å². The maximum Gasteiger partial charge on any atom is 0.261 e. The van der Waals surface area contributed by atoms with Crippen LogP contribution in [-0.2, 0) is 16.6 Å². The van der Waals surface area contributed by atoms with E-state index in [4.69, 9.17) is 9.26 Å². The van der Waals surface area contributed by atoms with E-state index in [9.17, 15) is 4.79 Å². The standard InChI is InChI=1S/C18H25N5O3/c1-3-25-15-9-13(15)18(24)23-8-6-4-5-7-14(23)16-20-17(26-21-16)12-10-19-22(2)11-12/h10-11,13-15H,3-9H2,1-2H3. The number of carbonyl (C=O) groups excluding carboxylic acids is 1. The van der Waals surface area contributed by atoms with Gasteiger partial charge >= 0.3 is 0 Å². The van der Waals surface area contributed by atoms with Crippen molar-refractivity contribution in [3.63, 3.8) is 0 Å². The number of nitrogens with zero attached hydrogens (tertiary/aromatic N) is 5. The number of likely N-dealkylation sites (tertiary alicyclic amines) is 1. The van der Waals surface area contributed by atoms with E-state index in [1.54, 1.807) is 10.9 Å². The molecule has 1 aliphatic carbocycles. The molecule has 140 valence electrons. The van der Waals surface area contributed by atoms with E-state index >= 15 is 0 Å². The largest absolute Gasteiger partial charge is 0.378 e. The highest BCUT2D eigenvalue weighted by atomic mass is 16.5. The second-order valence-corrected chi connectivity index (χ2v) is 7.09. The molecule has 0 aromatic carbocycles. The molecule has 0 bridgehead atoms. The van der Waals surface area contributed by atoms with Gasteiger partial charge in [0.05, 0.1) is 29.8 Å². The first-order valence-electron chi connectivity index (χ1n) is 9.42. The predicted octanol–water partition coefficient (Wildman–Crippen LogP) is 2.34. The van der Waals surface area contributed by atoms with E-state index in [0.29, 0.717) is 18.3 Å². The van der Waals surface area contributed by atoms with Crippen molar-refractivity contribution in [3.05, 3.63) is 18.2 Å². The van der Waals surface area contributed by atoms with Crippen LogP contribution in [0.5, 0.6) is 0 Å². The zero-order valence-corrected chi connectivity index (χ0v) is 15.3. The first kappa shape index (κ1) is 17.2. The van der Waals surface area contributed by atoms with Crippen molar-refractivity contribution in [2.45, 2.75) is 51.2 Å². The third-order valence-electron chi connectivity index (χ3n) is 5.16. The minimum absolute atomic E-state index is 0.0137. The highest BCUT2D eigenvalue weighted by Gasteiger charge is 2.47. The summed E-state index contributed by atoms with van der Waals surface area (Å²) >= 11 is 0. The van der Waals surface area contributed by atoms with Gasteiger partial charge in [-0.2, -0.15) is 10.1 Å². The summed E-state index contributed by atoms with van der Waals surface area (Å²) in [5.74, 6) is 1.19. The lowest BCUT2D eigenvalue weighted by Crippen LogP contribution is -2.37. The Bertz CT molecular complexity index is 770. The van der Waals surface area contributed by atoms with Crippen molar-refractivity contribution in [2.75, 3.05) is 13.2 Å². The molecule has 3 atom stereocenters. The number of rotatable bonds is 5. The molecule has 1 aliphatic heterocycles. The third-order valence-corrected chi connectivity index (χ3v) is 5.16. The monoisotopic (exact) mass is 359 g/mol. The lowest BCUT2D eigenvalue weighted by Gasteiger charge is -2.28. The van der Waals surface area contributed by atoms with Gasteiger partial charge in [-0.25, -0.2) is 0 Å². The van der Waals surface area contributed by atoms with E-state index in [1.807, 2.05) is 25.1 Å². The highest BCUT2D eigenvalue weighted by Crippen LogP contribution is 2.39. The number of aryl methyl sites for hydroxylation is 1. The number of aromatic nitrogens is 4. The Labute approximate surface area is 152 Å². The Morgan fingerprint density at radius 3 is 3.04 bits per heavy atom. The molecule has 8 heteroatoms. The molecule has 3 unspecified atom stereocenters. The lowest BCUT2D eigenvalue weighted by atomic mass is 10.1. The number of amides is 1. The van der Waals surface area contributed by atoms with Crippen molar-refractivity contribution in [1.29, 1.82) is 0 Å². The van der Waals surface area contributed by atoms with Crippen molar-refractivity contribution in [3.8, 4) is 11.5 Å². The van der Waals surface area contributed by atoms with E-state index in [1.165, 1.54) is 0 Å². The number of carbonyl (C=O) groups is 1. The molecule has 0 N–H and O–H groups in total. The van der Waals surface area contributed by atoms with Gasteiger partial charge in [0.25, 0.3) is 5.89 Å². The van der Waals surface area contributed by atoms with Gasteiger partial charge in [-0.15, -0.1) is 0 Å². The van der Waals surface area contributed by atoms with Crippen molar-refractivity contribution in [1.82, 2.24) is 24.8 Å². The van der Waals surface area contributed by atoms with E-state index in [-0.39, 0.29) is 24.0 Å². The predicted molar refractivity (Wildman–Crippen MR) is 92.9 cm³/mol. The van der Waals surface area contributed by atoms with Crippen LogP contribution in [0, 0.1) is 5.92 Å². The normalized spacial score (nSPS) is 25.9. The maximum absolute atomic E-state index is 13.0. The summed E-state index contributed by atoms with van der Waals surface area (Å²) in [4.78, 5) is 19.5. The van der Waals surface area contributed by atoms with Gasteiger partial charge in [-0.05, 0) is 26.2 Å². The first-order valence-corrected chi connectivity index (χ1v) is 9.42. The molecular weight excluding hydrogens is 334 g/mol. The molecule has 0 spiro atoms. The van der Waals surface area contributed by atoms with Gasteiger partial charge in [0, 0.05) is 26.4 Å². The second-order valence-electron chi connectivity index (χ2n) is 7.09. The Kier molecular flexibility index (Phi) is 4.76. The summed E-state index contributed by atoms with van der Waals surface area (Å²) in [5, 5.41) is 8.33. The van der Waals surface area contributed by atoms with Crippen LogP contribution in [0.2, 0.25) is 0 Å². The minimum atomic E-state index is -0.123. The molecule has 8 nitrogen and oxygen atoms in total. The Morgan fingerprint density at radius 2 is 2.27 bits per heavy atom. The fourth-order valence-electron chi connectivity index (χ4n) is 3.70. The third kappa shape index (κ3) is 3.38. The van der Waals surface area contributed by atoms with Crippen LogP contribution in [0.4, 0.5) is 0 Å². The molecule has 26 heavy (non-hydrogen) atoms. The quantitative estimate of drug-likeness (QED) is 0.814. The number of hydrogen-bond donors (Lipinski definition) is 0. The molecule has 2 aromatic rings. The summed E-state index contributed by atoms with van der Waals surface area (Å²) in [6.07, 6.45) is 8.49. The van der Waals surface area contributed by atoms with Crippen LogP contribution < -0.4 is 0 Å². The molecule has 2 aliphatic rings. The van der Waals surface area contributed by atoms with Crippen molar-refractivity contribution in [2.24, 2.45) is 13.0 Å². The van der Waals surface area contributed by atoms with Crippen molar-refractivity contribution < 1.29 is 14.1 Å². The summed E-state index contributed by atoms with van der Waals surface area (Å²) in [6.45, 7) is 3.36. The molecule has 3 heterocycles. The summed E-state index contributed by atoms with van der Waals surface area (Å²) in [7, 11) is 1.84. The van der Waals surface area contributed by atoms with Crippen LogP contribution in [0.1, 0.15) is 50.9 Å². The van der Waals surface area contributed by atoms with E-state index < -0.39 is 0 Å². The van der Waals surface area contributed by atoms with Crippen LogP contribution >= 0.6 is 0 Å². The summed E-state index contributed by atoms with van der Waals surface area (Å²) in [6, 6.07) is -0.123. The summed E-state index contributed by atoms with van der Waals surface area (Å²) < 4.78 is 12.7. The second kappa shape index (κ2) is 7.19. The van der Waals surface area contributed by atoms with Crippen molar-refractivity contribution >= 4 is 5.91 Å². The van der Waals surface area contributed by atoms with Crippen LogP contribution in [0.15, 0.2) is 16.9 Å². The minimum Gasteiger partial charge on any atom is -0.378 e. The zero-order chi connectivity index (χ0) is 18.1. The van der Waals surface area contributed by atoms with E-state index in [0.717, 1.165) is 44.2 Å². The van der Waals surface area contributed by atoms with Gasteiger partial charge in [-0.1, -0.05) is 18.0 Å². The highest BCUT2D eigenvalue weighted by molar-refractivity contribution is 5.82. The fraction of sp³-hybridized carbons (Fsp3) is 0.667. The topological polar surface area (TPSA) is 86.3 Å². The molecule has 1 saturated heterocycles. The molecule has 1 amide bonds. The SMILES string of the molecule is CCOC1CC1C(=O)N1CCCCCC1c1noc(-c2cnn(C)c2)n1. The maximum atomic E-state index is 13.0. The Morgan fingerprint density at radius 1 is 1.38 bits per heavy atom. The average molecular weight is 359 g/mol. The Hall–Kier alpha value is -2.22. The fourth-order valence-corrected chi connectivity index (χ4v) is 3.70. The Balaban J connectivity index is 1.54. The van der Waals surface area contributed by atoms with Crippen LogP contribution in [0.3, 0.4) is 0 Å². The van der Waals surface area contributed by atoms with Gasteiger partial charge in [-0.3, -0.25) is 9.48 Å². The molecule has 0 radical (unpaired) electrons. The van der Waals surface area contributed by atoms with Gasteiger partial charge in [0.15, 0.2) is 5.82 Å². The smallest absolute Gasteiger partial charge is 0.261 e. The zero-order valence-electron chi connectivity index (χ0n) is 15.3. The first-order chi connectivity index (χ1) is 12.7. The van der Waals surface area contributed by atoms with Crippen LogP contribution in [0.25, 0.3) is 11.5 Å². The number of hydrogen-bond acceptors (Lipinski definition) is 6. The molecule has 2 fully saturated rings. The van der Waals surface area contributed by atoms with Gasteiger partial charge in [0.1, 0.15) is 0 Å². The van der Waals surface area contributed by atoms with Gasteiger partial charge in [0.2, 0.25) is 5.91 Å². The lowest BCUT2D eigenvalue weighted by molar-refractivity contribution is -0.136. The molecule has 2 aromatic heterocycles. The summed E-state index contributed by atoms with van der Waals surface area (Å²) in [5.41, 5.74) is 0.788. The van der Waals surface area contributed by atoms with Crippen LogP contribution in [-0.4, -0.2) is 50.0 Å². The molecular formula is C18H25N5O3. The van der Waals surface area contributed by atoms with E-state index in [2.05, 4.69) is 15.2 Å². The molecule has 1 saturated carbocycles. The average Bonchev–Trinajstić information content (AvgIpc) is 3.11.